The zero-order chi connectivity index (χ0) is 26.2. The minimum atomic E-state index is -3.76. The predicted molar refractivity (Wildman–Crippen MR) is 139 cm³/mol. The molecule has 2 amide bonds. The summed E-state index contributed by atoms with van der Waals surface area (Å²) in [4.78, 5) is 29.1. The number of benzene rings is 2. The van der Waals surface area contributed by atoms with E-state index >= 15 is 0 Å². The van der Waals surface area contributed by atoms with Gasteiger partial charge >= 0.3 is 0 Å². The van der Waals surface area contributed by atoms with Crippen LogP contribution in [0.2, 0.25) is 0 Å². The highest BCUT2D eigenvalue weighted by molar-refractivity contribution is 7.89. The van der Waals surface area contributed by atoms with Crippen molar-refractivity contribution in [3.05, 3.63) is 42.0 Å². The molecule has 1 N–H and O–H groups in total. The Morgan fingerprint density at radius 2 is 1.70 bits per heavy atom. The van der Waals surface area contributed by atoms with Gasteiger partial charge in [0, 0.05) is 56.9 Å². The number of sulfonamides is 1. The van der Waals surface area contributed by atoms with Crippen molar-refractivity contribution < 1.29 is 27.5 Å². The fourth-order valence-electron chi connectivity index (χ4n) is 5.21. The van der Waals surface area contributed by atoms with Gasteiger partial charge in [-0.25, -0.2) is 8.42 Å². The van der Waals surface area contributed by atoms with Crippen molar-refractivity contribution in [1.82, 2.24) is 9.21 Å². The SMILES string of the molecule is COc1ccc(N2CCN(C(=O)C3CCN(S(=O)(=O)c4cc5c(cc4C)NC(=O)CO5)CC3)CC2)cc1. The van der Waals surface area contributed by atoms with Crippen LogP contribution in [0.5, 0.6) is 11.5 Å². The number of hydrogen-bond acceptors (Lipinski definition) is 7. The van der Waals surface area contributed by atoms with Crippen LogP contribution in [0.15, 0.2) is 41.3 Å². The first-order valence-electron chi connectivity index (χ1n) is 12.5. The number of ether oxygens (including phenoxy) is 2. The molecule has 3 aliphatic heterocycles. The molecule has 198 valence electrons. The Hall–Kier alpha value is -3.31. The van der Waals surface area contributed by atoms with Crippen molar-refractivity contribution in [2.45, 2.75) is 24.7 Å². The maximum absolute atomic E-state index is 13.4. The van der Waals surface area contributed by atoms with Crippen LogP contribution in [0.3, 0.4) is 0 Å². The van der Waals surface area contributed by atoms with Crippen molar-refractivity contribution in [2.75, 3.05) is 63.2 Å². The highest BCUT2D eigenvalue weighted by Gasteiger charge is 2.36. The summed E-state index contributed by atoms with van der Waals surface area (Å²) in [5.41, 5.74) is 2.12. The van der Waals surface area contributed by atoms with Gasteiger partial charge in [0.1, 0.15) is 11.5 Å². The molecule has 0 spiro atoms. The third-order valence-corrected chi connectivity index (χ3v) is 9.40. The number of anilines is 2. The van der Waals surface area contributed by atoms with Crippen LogP contribution in [-0.4, -0.2) is 82.4 Å². The lowest BCUT2D eigenvalue weighted by Gasteiger charge is -2.39. The van der Waals surface area contributed by atoms with Gasteiger partial charge in [-0.3, -0.25) is 9.59 Å². The Morgan fingerprint density at radius 3 is 2.35 bits per heavy atom. The van der Waals surface area contributed by atoms with Gasteiger partial charge in [0.05, 0.1) is 17.7 Å². The highest BCUT2D eigenvalue weighted by atomic mass is 32.2. The quantitative estimate of drug-likeness (QED) is 0.633. The van der Waals surface area contributed by atoms with Gasteiger partial charge in [-0.2, -0.15) is 4.31 Å². The molecule has 2 fully saturated rings. The largest absolute Gasteiger partial charge is 0.497 e. The van der Waals surface area contributed by atoms with E-state index in [-0.39, 0.29) is 29.2 Å². The van der Waals surface area contributed by atoms with Crippen LogP contribution in [0.25, 0.3) is 0 Å². The number of nitrogens with zero attached hydrogens (tertiary/aromatic N) is 3. The number of aryl methyl sites for hydroxylation is 1. The zero-order valence-electron chi connectivity index (χ0n) is 21.1. The number of piperazine rings is 1. The van der Waals surface area contributed by atoms with E-state index in [4.69, 9.17) is 9.47 Å². The highest BCUT2D eigenvalue weighted by Crippen LogP contribution is 2.35. The molecule has 10 nitrogen and oxygen atoms in total. The second-order valence-corrected chi connectivity index (χ2v) is 11.5. The second-order valence-electron chi connectivity index (χ2n) is 9.64. The lowest BCUT2D eigenvalue weighted by Crippen LogP contribution is -2.52. The molecule has 0 saturated carbocycles. The van der Waals surface area contributed by atoms with E-state index in [1.54, 1.807) is 20.1 Å². The molecule has 0 radical (unpaired) electrons. The average Bonchev–Trinajstić information content (AvgIpc) is 2.92. The molecule has 2 saturated heterocycles. The van der Waals surface area contributed by atoms with E-state index in [0.717, 1.165) is 24.5 Å². The van der Waals surface area contributed by atoms with E-state index < -0.39 is 10.0 Å². The summed E-state index contributed by atoms with van der Waals surface area (Å²) in [5, 5.41) is 2.70. The first kappa shape index (κ1) is 25.3. The van der Waals surface area contributed by atoms with Crippen LogP contribution in [-0.2, 0) is 19.6 Å². The van der Waals surface area contributed by atoms with Gasteiger partial charge in [0.2, 0.25) is 15.9 Å². The third-order valence-electron chi connectivity index (χ3n) is 7.36. The van der Waals surface area contributed by atoms with E-state index in [9.17, 15) is 18.0 Å². The van der Waals surface area contributed by atoms with Crippen molar-refractivity contribution in [2.24, 2.45) is 5.92 Å². The number of nitrogens with one attached hydrogen (secondary N) is 1. The fraction of sp³-hybridized carbons (Fsp3) is 0.462. The fourth-order valence-corrected chi connectivity index (χ4v) is 6.90. The number of amides is 2. The number of rotatable bonds is 5. The predicted octanol–water partition coefficient (Wildman–Crippen LogP) is 2.08. The summed E-state index contributed by atoms with van der Waals surface area (Å²) < 4.78 is 38.9. The van der Waals surface area contributed by atoms with Gasteiger partial charge in [-0.1, -0.05) is 0 Å². The van der Waals surface area contributed by atoms with Crippen LogP contribution in [0.1, 0.15) is 18.4 Å². The first-order valence-corrected chi connectivity index (χ1v) is 14.0. The molecule has 11 heteroatoms. The number of hydrogen-bond donors (Lipinski definition) is 1. The summed E-state index contributed by atoms with van der Waals surface area (Å²) in [7, 11) is -2.11. The Labute approximate surface area is 217 Å². The van der Waals surface area contributed by atoms with Crippen LogP contribution < -0.4 is 19.7 Å². The summed E-state index contributed by atoms with van der Waals surface area (Å²) in [6, 6.07) is 11.0. The Balaban J connectivity index is 1.17. The lowest BCUT2D eigenvalue weighted by molar-refractivity contribution is -0.137. The molecule has 2 aromatic carbocycles. The summed E-state index contributed by atoms with van der Waals surface area (Å²) in [6.45, 7) is 4.95. The van der Waals surface area contributed by atoms with Crippen molar-refractivity contribution in [3.8, 4) is 11.5 Å². The molecule has 0 unspecified atom stereocenters. The molecule has 0 bridgehead atoms. The number of carbonyl (C=O) groups is 2. The Kier molecular flexibility index (Phi) is 7.00. The molecule has 3 aliphatic rings. The normalized spacial score (nSPS) is 19.1. The number of fused-ring (bicyclic) bond motifs is 1. The van der Waals surface area contributed by atoms with E-state index in [2.05, 4.69) is 10.2 Å². The lowest BCUT2D eigenvalue weighted by atomic mass is 9.96. The second kappa shape index (κ2) is 10.2. The standard InChI is InChI=1S/C26H32N4O6S/c1-18-15-22-23(36-17-25(31)27-22)16-24(18)37(33,34)30-9-7-19(8-10-30)26(32)29-13-11-28(12-14-29)20-3-5-21(35-2)6-4-20/h3-6,15-16,19H,7-14,17H2,1-2H3,(H,27,31). The summed E-state index contributed by atoms with van der Waals surface area (Å²) >= 11 is 0. The Morgan fingerprint density at radius 1 is 1.03 bits per heavy atom. The molecule has 37 heavy (non-hydrogen) atoms. The summed E-state index contributed by atoms with van der Waals surface area (Å²) in [6.07, 6.45) is 0.987. The molecular formula is C26H32N4O6S. The number of carbonyl (C=O) groups excluding carboxylic acids is 2. The number of methoxy groups -OCH3 is 1. The van der Waals surface area contributed by atoms with Crippen LogP contribution in [0.4, 0.5) is 11.4 Å². The van der Waals surface area contributed by atoms with Gasteiger partial charge in [0.15, 0.2) is 6.61 Å². The van der Waals surface area contributed by atoms with Crippen molar-refractivity contribution in [3.63, 3.8) is 0 Å². The van der Waals surface area contributed by atoms with E-state index in [1.807, 2.05) is 29.2 Å². The van der Waals surface area contributed by atoms with Gasteiger partial charge in [-0.15, -0.1) is 0 Å². The topological polar surface area (TPSA) is 108 Å². The van der Waals surface area contributed by atoms with Gasteiger partial charge in [0.25, 0.3) is 5.91 Å². The van der Waals surface area contributed by atoms with Crippen LogP contribution >= 0.6 is 0 Å². The summed E-state index contributed by atoms with van der Waals surface area (Å²) in [5.74, 6) is 0.830. The average molecular weight is 529 g/mol. The monoisotopic (exact) mass is 528 g/mol. The minimum Gasteiger partial charge on any atom is -0.497 e. The maximum atomic E-state index is 13.4. The molecule has 2 aromatic rings. The maximum Gasteiger partial charge on any atom is 0.262 e. The zero-order valence-corrected chi connectivity index (χ0v) is 21.9. The third kappa shape index (κ3) is 5.10. The first-order chi connectivity index (χ1) is 17.8. The van der Waals surface area contributed by atoms with Crippen molar-refractivity contribution in [1.29, 1.82) is 0 Å². The van der Waals surface area contributed by atoms with Crippen molar-refractivity contribution >= 4 is 33.2 Å². The minimum absolute atomic E-state index is 0.112. The van der Waals surface area contributed by atoms with Gasteiger partial charge < -0.3 is 24.6 Å². The van der Waals surface area contributed by atoms with Gasteiger partial charge in [-0.05, 0) is 55.7 Å². The smallest absolute Gasteiger partial charge is 0.262 e. The molecule has 3 heterocycles. The molecule has 0 aromatic heterocycles. The molecule has 0 atom stereocenters. The van der Waals surface area contributed by atoms with E-state index in [0.29, 0.717) is 56.0 Å². The number of piperidine rings is 1. The molecule has 0 aliphatic carbocycles. The Bertz CT molecular complexity index is 1280. The molecular weight excluding hydrogens is 496 g/mol. The molecule has 5 rings (SSSR count). The van der Waals surface area contributed by atoms with Crippen LogP contribution in [0, 0.1) is 12.8 Å². The van der Waals surface area contributed by atoms with E-state index in [1.165, 1.54) is 10.4 Å².